The fourth-order valence-corrected chi connectivity index (χ4v) is 2.07. The van der Waals surface area contributed by atoms with Gasteiger partial charge >= 0.3 is 6.18 Å². The van der Waals surface area contributed by atoms with E-state index in [1.54, 1.807) is 35.0 Å². The highest BCUT2D eigenvalue weighted by atomic mass is 19.4. The number of alkyl halides is 3. The first-order valence-electron chi connectivity index (χ1n) is 6.09. The molecular formula is C15H9F3N2O. The van der Waals surface area contributed by atoms with E-state index in [4.69, 9.17) is 0 Å². The molecule has 3 aromatic rings. The Bertz CT molecular complexity index is 821. The zero-order valence-electron chi connectivity index (χ0n) is 10.6. The summed E-state index contributed by atoms with van der Waals surface area (Å²) in [5, 5.41) is 0. The highest BCUT2D eigenvalue weighted by molar-refractivity contribution is 5.75. The minimum Gasteiger partial charge on any atom is -0.306 e. The van der Waals surface area contributed by atoms with Crippen LogP contribution in [0.15, 0.2) is 48.8 Å². The largest absolute Gasteiger partial charge is 0.416 e. The molecule has 0 spiro atoms. The van der Waals surface area contributed by atoms with Crippen molar-refractivity contribution < 1.29 is 18.0 Å². The molecule has 0 aliphatic heterocycles. The third-order valence-corrected chi connectivity index (χ3v) is 3.10. The molecule has 0 bridgehead atoms. The van der Waals surface area contributed by atoms with E-state index in [9.17, 15) is 18.0 Å². The minimum atomic E-state index is -4.39. The van der Waals surface area contributed by atoms with Crippen LogP contribution in [0.1, 0.15) is 15.9 Å². The first kappa shape index (κ1) is 13.4. The van der Waals surface area contributed by atoms with Crippen LogP contribution in [0.25, 0.3) is 16.9 Å². The van der Waals surface area contributed by atoms with Gasteiger partial charge in [0, 0.05) is 23.5 Å². The van der Waals surface area contributed by atoms with Crippen molar-refractivity contribution in [3.05, 3.63) is 59.9 Å². The Morgan fingerprint density at radius 1 is 1.10 bits per heavy atom. The van der Waals surface area contributed by atoms with Crippen molar-refractivity contribution in [2.24, 2.45) is 0 Å². The molecule has 0 saturated carbocycles. The van der Waals surface area contributed by atoms with Crippen LogP contribution in [-0.4, -0.2) is 15.7 Å². The summed E-state index contributed by atoms with van der Waals surface area (Å²) in [5.74, 6) is 0. The molecule has 0 amide bonds. The van der Waals surface area contributed by atoms with Gasteiger partial charge in [0.1, 0.15) is 5.65 Å². The van der Waals surface area contributed by atoms with Gasteiger partial charge in [0.2, 0.25) is 0 Å². The quantitative estimate of drug-likeness (QED) is 0.672. The van der Waals surface area contributed by atoms with Crippen molar-refractivity contribution in [2.75, 3.05) is 0 Å². The maximum atomic E-state index is 12.7. The Kier molecular flexibility index (Phi) is 3.01. The topological polar surface area (TPSA) is 34.4 Å². The normalized spacial score (nSPS) is 11.8. The Morgan fingerprint density at radius 2 is 1.90 bits per heavy atom. The lowest BCUT2D eigenvalue weighted by Crippen LogP contribution is -2.04. The van der Waals surface area contributed by atoms with Crippen molar-refractivity contribution in [1.82, 2.24) is 9.38 Å². The van der Waals surface area contributed by atoms with E-state index >= 15 is 0 Å². The fraction of sp³-hybridized carbons (Fsp3) is 0.0667. The predicted octanol–water partition coefficient (Wildman–Crippen LogP) is 3.83. The Balaban J connectivity index is 2.10. The van der Waals surface area contributed by atoms with Gasteiger partial charge in [-0.1, -0.05) is 12.1 Å². The molecule has 3 rings (SSSR count). The molecule has 0 unspecified atom stereocenters. The summed E-state index contributed by atoms with van der Waals surface area (Å²) >= 11 is 0. The molecule has 0 saturated heterocycles. The zero-order valence-corrected chi connectivity index (χ0v) is 10.6. The smallest absolute Gasteiger partial charge is 0.306 e. The summed E-state index contributed by atoms with van der Waals surface area (Å²) in [6.07, 6.45) is -0.520. The highest BCUT2D eigenvalue weighted by Gasteiger charge is 2.30. The van der Waals surface area contributed by atoms with Gasteiger partial charge in [-0.3, -0.25) is 4.79 Å². The molecule has 2 heterocycles. The molecule has 106 valence electrons. The van der Waals surface area contributed by atoms with E-state index in [0.29, 0.717) is 28.8 Å². The molecule has 0 aliphatic carbocycles. The number of hydrogen-bond acceptors (Lipinski definition) is 2. The molecule has 1 aromatic carbocycles. The van der Waals surface area contributed by atoms with Crippen LogP contribution >= 0.6 is 0 Å². The molecule has 2 aromatic heterocycles. The minimum absolute atomic E-state index is 0.376. The fourth-order valence-electron chi connectivity index (χ4n) is 2.07. The Labute approximate surface area is 117 Å². The standard InChI is InChI=1S/C15H9F3N2O/c16-15(17,18)12-3-1-2-11(6-12)13-8-20-7-10(9-21)4-5-14(20)19-13/h1-9H. The first-order valence-corrected chi connectivity index (χ1v) is 6.09. The highest BCUT2D eigenvalue weighted by Crippen LogP contribution is 2.31. The Hall–Kier alpha value is -2.63. The number of carbonyl (C=O) groups is 1. The second kappa shape index (κ2) is 4.73. The average Bonchev–Trinajstić information content (AvgIpc) is 2.89. The summed E-state index contributed by atoms with van der Waals surface area (Å²) in [4.78, 5) is 15.0. The molecule has 0 radical (unpaired) electrons. The van der Waals surface area contributed by atoms with Crippen LogP contribution in [0, 0.1) is 0 Å². The number of benzene rings is 1. The van der Waals surface area contributed by atoms with E-state index < -0.39 is 11.7 Å². The van der Waals surface area contributed by atoms with Gasteiger partial charge in [-0.25, -0.2) is 4.98 Å². The second-order valence-electron chi connectivity index (χ2n) is 4.55. The van der Waals surface area contributed by atoms with Gasteiger partial charge in [-0.15, -0.1) is 0 Å². The maximum absolute atomic E-state index is 12.7. The number of pyridine rings is 1. The van der Waals surface area contributed by atoms with Crippen LogP contribution in [0.2, 0.25) is 0 Å². The van der Waals surface area contributed by atoms with Crippen molar-refractivity contribution >= 4 is 11.9 Å². The lowest BCUT2D eigenvalue weighted by Gasteiger charge is -2.07. The van der Waals surface area contributed by atoms with E-state index in [0.717, 1.165) is 12.1 Å². The van der Waals surface area contributed by atoms with Gasteiger partial charge in [-0.2, -0.15) is 13.2 Å². The molecule has 0 N–H and O–H groups in total. The van der Waals surface area contributed by atoms with Crippen LogP contribution in [0.3, 0.4) is 0 Å². The lowest BCUT2D eigenvalue weighted by atomic mass is 10.1. The van der Waals surface area contributed by atoms with Crippen molar-refractivity contribution in [3.63, 3.8) is 0 Å². The summed E-state index contributed by atoms with van der Waals surface area (Å²) in [5.41, 5.74) is 1.11. The van der Waals surface area contributed by atoms with E-state index in [-0.39, 0.29) is 0 Å². The number of carbonyl (C=O) groups excluding carboxylic acids is 1. The van der Waals surface area contributed by atoms with Gasteiger partial charge in [0.25, 0.3) is 0 Å². The Morgan fingerprint density at radius 3 is 2.62 bits per heavy atom. The van der Waals surface area contributed by atoms with Gasteiger partial charge < -0.3 is 4.40 Å². The van der Waals surface area contributed by atoms with Crippen LogP contribution < -0.4 is 0 Å². The summed E-state index contributed by atoms with van der Waals surface area (Å²) in [6, 6.07) is 8.23. The zero-order chi connectivity index (χ0) is 15.0. The second-order valence-corrected chi connectivity index (χ2v) is 4.55. The molecule has 0 aliphatic rings. The number of aromatic nitrogens is 2. The monoisotopic (exact) mass is 290 g/mol. The third-order valence-electron chi connectivity index (χ3n) is 3.10. The molecular weight excluding hydrogens is 281 g/mol. The number of imidazole rings is 1. The third kappa shape index (κ3) is 2.52. The van der Waals surface area contributed by atoms with Crippen molar-refractivity contribution in [3.8, 4) is 11.3 Å². The number of fused-ring (bicyclic) bond motifs is 1. The van der Waals surface area contributed by atoms with E-state index in [1.165, 1.54) is 6.07 Å². The molecule has 0 atom stereocenters. The molecule has 6 heteroatoms. The van der Waals surface area contributed by atoms with Gasteiger partial charge in [0.05, 0.1) is 11.3 Å². The van der Waals surface area contributed by atoms with Crippen LogP contribution in [-0.2, 0) is 6.18 Å². The predicted molar refractivity (Wildman–Crippen MR) is 71.0 cm³/mol. The lowest BCUT2D eigenvalue weighted by molar-refractivity contribution is -0.137. The van der Waals surface area contributed by atoms with Gasteiger partial charge in [-0.05, 0) is 24.3 Å². The average molecular weight is 290 g/mol. The molecule has 21 heavy (non-hydrogen) atoms. The number of aldehydes is 1. The number of nitrogens with zero attached hydrogens (tertiary/aromatic N) is 2. The number of hydrogen-bond donors (Lipinski definition) is 0. The number of rotatable bonds is 2. The van der Waals surface area contributed by atoms with E-state index in [2.05, 4.69) is 4.98 Å². The summed E-state index contributed by atoms with van der Waals surface area (Å²) in [6.45, 7) is 0. The van der Waals surface area contributed by atoms with Crippen LogP contribution in [0.5, 0.6) is 0 Å². The molecule has 0 fully saturated rings. The number of halogens is 3. The molecule has 3 nitrogen and oxygen atoms in total. The summed E-state index contributed by atoms with van der Waals surface area (Å²) < 4.78 is 39.8. The van der Waals surface area contributed by atoms with Crippen LogP contribution in [0.4, 0.5) is 13.2 Å². The van der Waals surface area contributed by atoms with Gasteiger partial charge in [0.15, 0.2) is 6.29 Å². The van der Waals surface area contributed by atoms with E-state index in [1.807, 2.05) is 0 Å². The maximum Gasteiger partial charge on any atom is 0.416 e. The van der Waals surface area contributed by atoms with Crippen molar-refractivity contribution in [2.45, 2.75) is 6.18 Å². The first-order chi connectivity index (χ1) is 9.97. The summed E-state index contributed by atoms with van der Waals surface area (Å²) in [7, 11) is 0. The SMILES string of the molecule is O=Cc1ccc2nc(-c3cccc(C(F)(F)F)c3)cn2c1. The van der Waals surface area contributed by atoms with Crippen molar-refractivity contribution in [1.29, 1.82) is 0 Å².